The summed E-state index contributed by atoms with van der Waals surface area (Å²) in [6.07, 6.45) is 0. The quantitative estimate of drug-likeness (QED) is 0.356. The third-order valence-electron chi connectivity index (χ3n) is 5.73. The predicted octanol–water partition coefficient (Wildman–Crippen LogP) is 3.30. The molecule has 0 aliphatic carbocycles. The third-order valence-corrected chi connectivity index (χ3v) is 10.7. The topological polar surface area (TPSA) is 61.8 Å². The molecule has 0 aromatic heterocycles. The summed E-state index contributed by atoms with van der Waals surface area (Å²) in [6, 6.07) is 3.39. The summed E-state index contributed by atoms with van der Waals surface area (Å²) in [5.41, 5.74) is -6.04. The highest BCUT2D eigenvalue weighted by Gasteiger charge is 2.53. The van der Waals surface area contributed by atoms with Crippen LogP contribution >= 0.6 is 0 Å². The zero-order valence-electron chi connectivity index (χ0n) is 19.8. The van der Waals surface area contributed by atoms with Crippen molar-refractivity contribution in [3.63, 3.8) is 0 Å². The Hall–Kier alpha value is -0.821. The fourth-order valence-corrected chi connectivity index (χ4v) is 6.83. The predicted molar refractivity (Wildman–Crippen MR) is 124 cm³/mol. The summed E-state index contributed by atoms with van der Waals surface area (Å²) in [7, 11) is -11.2. The molecule has 1 aromatic rings. The van der Waals surface area contributed by atoms with E-state index < -0.39 is 50.1 Å². The molecule has 5 nitrogen and oxygen atoms in total. The Bertz CT molecular complexity index is 913. The third kappa shape index (κ3) is 5.23. The van der Waals surface area contributed by atoms with E-state index in [0.29, 0.717) is 15.8 Å². The Morgan fingerprint density at radius 1 is 0.871 bits per heavy atom. The van der Waals surface area contributed by atoms with E-state index in [9.17, 15) is 21.6 Å². The molecular weight excluding hydrogens is 464 g/mol. The maximum absolute atomic E-state index is 13.1. The second-order valence-electron chi connectivity index (χ2n) is 11.0. The van der Waals surface area contributed by atoms with Crippen molar-refractivity contribution in [2.24, 2.45) is 0 Å². The molecule has 12 heteroatoms. The van der Waals surface area contributed by atoms with Crippen molar-refractivity contribution < 1.29 is 35.1 Å². The minimum atomic E-state index is -5.80. The van der Waals surface area contributed by atoms with Crippen LogP contribution in [0.2, 0.25) is 39.3 Å². The van der Waals surface area contributed by atoms with Crippen LogP contribution in [0.15, 0.2) is 12.1 Å². The van der Waals surface area contributed by atoms with Crippen LogP contribution in [0.3, 0.4) is 0 Å². The van der Waals surface area contributed by atoms with Crippen LogP contribution in [0.4, 0.5) is 13.2 Å². The minimum Gasteiger partial charge on any atom is -0.399 e. The average Bonchev–Trinajstić information content (AvgIpc) is 2.71. The van der Waals surface area contributed by atoms with E-state index in [1.807, 2.05) is 67.0 Å². The Kier molecular flexibility index (Phi) is 6.49. The van der Waals surface area contributed by atoms with Crippen LogP contribution in [-0.4, -0.2) is 48.4 Å². The van der Waals surface area contributed by atoms with E-state index in [2.05, 4.69) is 0 Å². The zero-order valence-corrected chi connectivity index (χ0v) is 22.6. The Morgan fingerprint density at radius 2 is 1.23 bits per heavy atom. The molecule has 31 heavy (non-hydrogen) atoms. The molecular formula is C19H32BF3O5SSi2. The lowest BCUT2D eigenvalue weighted by atomic mass is 9.79. The molecule has 1 fully saturated rings. The van der Waals surface area contributed by atoms with Gasteiger partial charge in [0.25, 0.3) is 0 Å². The summed E-state index contributed by atoms with van der Waals surface area (Å²) in [6.45, 7) is 19.2. The zero-order chi connectivity index (χ0) is 24.4. The van der Waals surface area contributed by atoms with Crippen LogP contribution in [-0.2, 0) is 19.4 Å². The lowest BCUT2D eigenvalue weighted by molar-refractivity contribution is -0.0499. The van der Waals surface area contributed by atoms with Crippen molar-refractivity contribution in [1.29, 1.82) is 0 Å². The molecule has 0 saturated carbocycles. The van der Waals surface area contributed by atoms with Crippen LogP contribution in [0.5, 0.6) is 5.75 Å². The van der Waals surface area contributed by atoms with Gasteiger partial charge in [0.1, 0.15) is 5.75 Å². The molecule has 0 spiro atoms. The van der Waals surface area contributed by atoms with Crippen molar-refractivity contribution in [1.82, 2.24) is 0 Å². The summed E-state index contributed by atoms with van der Waals surface area (Å²) in [5.74, 6) is -0.184. The Labute approximate surface area is 185 Å². The second-order valence-corrected chi connectivity index (χ2v) is 22.6. The summed E-state index contributed by atoms with van der Waals surface area (Å²) >= 11 is 0. The van der Waals surface area contributed by atoms with Gasteiger partial charge in [-0.3, -0.25) is 0 Å². The summed E-state index contributed by atoms with van der Waals surface area (Å²) in [4.78, 5) is 0. The van der Waals surface area contributed by atoms with Crippen molar-refractivity contribution in [3.05, 3.63) is 12.1 Å². The Morgan fingerprint density at radius 3 is 1.52 bits per heavy atom. The van der Waals surface area contributed by atoms with E-state index in [4.69, 9.17) is 13.5 Å². The highest BCUT2D eigenvalue weighted by atomic mass is 32.2. The fraction of sp³-hybridized carbons (Fsp3) is 0.684. The molecule has 0 amide bonds. The normalized spacial score (nSPS) is 19.6. The first-order valence-corrected chi connectivity index (χ1v) is 18.5. The molecule has 0 atom stereocenters. The van der Waals surface area contributed by atoms with Crippen molar-refractivity contribution in [2.45, 2.75) is 83.7 Å². The molecule has 0 unspecified atom stereocenters. The van der Waals surface area contributed by atoms with Gasteiger partial charge in [-0.1, -0.05) is 51.4 Å². The van der Waals surface area contributed by atoms with Crippen molar-refractivity contribution in [2.75, 3.05) is 0 Å². The van der Waals surface area contributed by atoms with E-state index in [1.165, 1.54) is 0 Å². The molecule has 1 aliphatic rings. The summed E-state index contributed by atoms with van der Waals surface area (Å²) in [5, 5.41) is 0.981. The standard InChI is InChI=1S/C19H32BF3O5SSi2/c1-17(2)18(3,4)28-20(27-17)13-11-14(30(5,6)7)16(15(12-13)31(8,9)10)26-29(24,25)19(21,22)23/h11-12H,1-10H3. The van der Waals surface area contributed by atoms with Gasteiger partial charge in [-0.25, -0.2) is 0 Å². The molecule has 1 aliphatic heterocycles. The molecule has 1 aromatic carbocycles. The monoisotopic (exact) mass is 496 g/mol. The first-order chi connectivity index (χ1) is 13.5. The van der Waals surface area contributed by atoms with Crippen molar-refractivity contribution >= 4 is 49.2 Å². The van der Waals surface area contributed by atoms with E-state index in [1.54, 1.807) is 12.1 Å². The largest absolute Gasteiger partial charge is 0.534 e. The molecule has 1 heterocycles. The first kappa shape index (κ1) is 26.4. The van der Waals surface area contributed by atoms with Gasteiger partial charge in [-0.05, 0) is 43.5 Å². The number of alkyl halides is 3. The van der Waals surface area contributed by atoms with Gasteiger partial charge in [0.15, 0.2) is 0 Å². The van der Waals surface area contributed by atoms with E-state index >= 15 is 0 Å². The molecule has 0 radical (unpaired) electrons. The van der Waals surface area contributed by atoms with E-state index in [-0.39, 0.29) is 5.75 Å². The lowest BCUT2D eigenvalue weighted by Crippen LogP contribution is -2.52. The highest BCUT2D eigenvalue weighted by Crippen LogP contribution is 2.36. The molecule has 1 saturated heterocycles. The number of benzene rings is 1. The van der Waals surface area contributed by atoms with Gasteiger partial charge < -0.3 is 13.5 Å². The number of hydrogen-bond donors (Lipinski definition) is 0. The number of halogens is 3. The van der Waals surface area contributed by atoms with Crippen LogP contribution in [0, 0.1) is 0 Å². The Balaban J connectivity index is 2.78. The smallest absolute Gasteiger partial charge is 0.399 e. The van der Waals surface area contributed by atoms with Crippen LogP contribution in [0.1, 0.15) is 27.7 Å². The first-order valence-electron chi connectivity index (χ1n) is 10.0. The molecule has 2 rings (SSSR count). The minimum absolute atomic E-state index is 0.184. The van der Waals surface area contributed by atoms with Gasteiger partial charge in [0.05, 0.1) is 27.3 Å². The van der Waals surface area contributed by atoms with E-state index in [0.717, 1.165) is 0 Å². The maximum atomic E-state index is 13.1. The molecule has 176 valence electrons. The van der Waals surface area contributed by atoms with Gasteiger partial charge >= 0.3 is 22.7 Å². The SMILES string of the molecule is CC1(C)OB(c2cc([Si](C)(C)C)c(OS(=O)(=O)C(F)(F)F)c([Si](C)(C)C)c2)OC1(C)C. The van der Waals surface area contributed by atoms with Crippen LogP contribution in [0.25, 0.3) is 0 Å². The lowest BCUT2D eigenvalue weighted by Gasteiger charge is -2.32. The number of rotatable bonds is 5. The van der Waals surface area contributed by atoms with Crippen molar-refractivity contribution in [3.8, 4) is 5.75 Å². The molecule has 0 bridgehead atoms. The maximum Gasteiger partial charge on any atom is 0.534 e. The second kappa shape index (κ2) is 7.61. The summed E-state index contributed by atoms with van der Waals surface area (Å²) < 4.78 is 80.4. The molecule has 0 N–H and O–H groups in total. The van der Waals surface area contributed by atoms with Gasteiger partial charge in [-0.2, -0.15) is 21.6 Å². The van der Waals surface area contributed by atoms with Gasteiger partial charge in [0.2, 0.25) is 0 Å². The van der Waals surface area contributed by atoms with Crippen LogP contribution < -0.4 is 20.0 Å². The fourth-order valence-electron chi connectivity index (χ4n) is 3.13. The highest BCUT2D eigenvalue weighted by molar-refractivity contribution is 7.88. The number of hydrogen-bond acceptors (Lipinski definition) is 5. The van der Waals surface area contributed by atoms with Gasteiger partial charge in [0, 0.05) is 0 Å². The van der Waals surface area contributed by atoms with Gasteiger partial charge in [-0.15, -0.1) is 0 Å². The average molecular weight is 497 g/mol.